The Morgan fingerprint density at radius 2 is 1.78 bits per heavy atom. The summed E-state index contributed by atoms with van der Waals surface area (Å²) in [5, 5.41) is 7.16. The number of nitrogens with two attached hydrogens (primary N) is 1. The molecule has 1 atom stereocenters. The summed E-state index contributed by atoms with van der Waals surface area (Å²) >= 11 is 0. The number of carbonyl (C=O) groups excluding carboxylic acids is 2. The molecule has 36 heavy (non-hydrogen) atoms. The Morgan fingerprint density at radius 3 is 2.50 bits per heavy atom. The maximum atomic E-state index is 13.0. The number of aryl methyl sites for hydroxylation is 1. The standard InChI is InChI=1S/C27H26N6O3/c1-32-16-20(15-30-32)19-13-24(25(28)29-14-19)26(34)31-21-11-12-33(17-21)27(35)18-7-9-23(10-8-18)36-22-5-3-2-4-6-22/h2-10,13-16,21H,11-12,17H2,1H3,(H2,28,29)(H,31,34)/t21-/m1/s1. The molecule has 0 unspecified atom stereocenters. The molecule has 5 rings (SSSR count). The summed E-state index contributed by atoms with van der Waals surface area (Å²) in [4.78, 5) is 31.9. The molecule has 2 aromatic carbocycles. The highest BCUT2D eigenvalue weighted by Crippen LogP contribution is 2.24. The molecule has 0 radical (unpaired) electrons. The number of ether oxygens (including phenoxy) is 1. The van der Waals surface area contributed by atoms with Crippen molar-refractivity contribution in [3.05, 3.63) is 90.4 Å². The van der Waals surface area contributed by atoms with Gasteiger partial charge >= 0.3 is 0 Å². The molecular formula is C27H26N6O3. The molecule has 1 fully saturated rings. The molecule has 0 aliphatic carbocycles. The van der Waals surface area contributed by atoms with Gasteiger partial charge in [-0.15, -0.1) is 0 Å². The molecule has 3 N–H and O–H groups in total. The number of nitrogen functional groups attached to an aromatic ring is 1. The number of hydrogen-bond donors (Lipinski definition) is 2. The van der Waals surface area contributed by atoms with E-state index in [1.165, 1.54) is 0 Å². The lowest BCUT2D eigenvalue weighted by Crippen LogP contribution is -2.38. The van der Waals surface area contributed by atoms with Crippen LogP contribution in [0.3, 0.4) is 0 Å². The van der Waals surface area contributed by atoms with E-state index in [2.05, 4.69) is 15.4 Å². The molecule has 1 aliphatic heterocycles. The zero-order valence-electron chi connectivity index (χ0n) is 19.8. The van der Waals surface area contributed by atoms with Crippen LogP contribution in [0.2, 0.25) is 0 Å². The topological polar surface area (TPSA) is 115 Å². The summed E-state index contributed by atoms with van der Waals surface area (Å²) in [6, 6.07) is 18.1. The van der Waals surface area contributed by atoms with E-state index in [1.807, 2.05) is 43.6 Å². The summed E-state index contributed by atoms with van der Waals surface area (Å²) in [5.41, 5.74) is 8.46. The van der Waals surface area contributed by atoms with Gasteiger partial charge < -0.3 is 20.7 Å². The molecule has 4 aromatic rings. The van der Waals surface area contributed by atoms with E-state index in [0.717, 1.165) is 16.9 Å². The predicted molar refractivity (Wildman–Crippen MR) is 136 cm³/mol. The lowest BCUT2D eigenvalue weighted by Gasteiger charge is -2.18. The fourth-order valence-corrected chi connectivity index (χ4v) is 4.18. The van der Waals surface area contributed by atoms with Crippen molar-refractivity contribution in [1.29, 1.82) is 0 Å². The van der Waals surface area contributed by atoms with Crippen molar-refractivity contribution in [3.63, 3.8) is 0 Å². The smallest absolute Gasteiger partial charge is 0.255 e. The number of hydrogen-bond acceptors (Lipinski definition) is 6. The van der Waals surface area contributed by atoms with Crippen LogP contribution in [-0.4, -0.2) is 50.6 Å². The van der Waals surface area contributed by atoms with E-state index in [1.54, 1.807) is 52.3 Å². The zero-order valence-corrected chi connectivity index (χ0v) is 19.8. The highest BCUT2D eigenvalue weighted by molar-refractivity contribution is 6.00. The molecule has 3 heterocycles. The molecule has 0 saturated carbocycles. The van der Waals surface area contributed by atoms with Gasteiger partial charge in [0.15, 0.2) is 0 Å². The van der Waals surface area contributed by atoms with Crippen LogP contribution in [0.4, 0.5) is 5.82 Å². The molecule has 0 spiro atoms. The predicted octanol–water partition coefficient (Wildman–Crippen LogP) is 3.50. The highest BCUT2D eigenvalue weighted by Gasteiger charge is 2.29. The monoisotopic (exact) mass is 482 g/mol. The van der Waals surface area contributed by atoms with Gasteiger partial charge in [-0.25, -0.2) is 4.98 Å². The molecule has 0 bridgehead atoms. The summed E-state index contributed by atoms with van der Waals surface area (Å²) in [6.07, 6.45) is 5.82. The minimum Gasteiger partial charge on any atom is -0.457 e. The van der Waals surface area contributed by atoms with Crippen molar-refractivity contribution in [1.82, 2.24) is 25.0 Å². The van der Waals surface area contributed by atoms with Gasteiger partial charge in [-0.3, -0.25) is 14.3 Å². The van der Waals surface area contributed by atoms with Gasteiger partial charge in [0.1, 0.15) is 17.3 Å². The zero-order chi connectivity index (χ0) is 25.1. The van der Waals surface area contributed by atoms with Crippen molar-refractivity contribution in [2.45, 2.75) is 12.5 Å². The van der Waals surface area contributed by atoms with Crippen LogP contribution in [0.25, 0.3) is 11.1 Å². The van der Waals surface area contributed by atoms with Crippen molar-refractivity contribution < 1.29 is 14.3 Å². The fourth-order valence-electron chi connectivity index (χ4n) is 4.18. The van der Waals surface area contributed by atoms with E-state index in [4.69, 9.17) is 10.5 Å². The van der Waals surface area contributed by atoms with E-state index in [9.17, 15) is 9.59 Å². The van der Waals surface area contributed by atoms with Gasteiger partial charge in [-0.05, 0) is 48.9 Å². The van der Waals surface area contributed by atoms with Gasteiger partial charge in [-0.1, -0.05) is 18.2 Å². The second-order valence-electron chi connectivity index (χ2n) is 8.71. The lowest BCUT2D eigenvalue weighted by atomic mass is 10.1. The van der Waals surface area contributed by atoms with E-state index in [0.29, 0.717) is 36.4 Å². The van der Waals surface area contributed by atoms with Gasteiger partial charge in [0.25, 0.3) is 11.8 Å². The van der Waals surface area contributed by atoms with Gasteiger partial charge in [0.05, 0.1) is 11.8 Å². The number of likely N-dealkylation sites (tertiary alicyclic amines) is 1. The third-order valence-corrected chi connectivity index (χ3v) is 6.09. The number of nitrogens with zero attached hydrogens (tertiary/aromatic N) is 4. The van der Waals surface area contributed by atoms with Crippen LogP contribution in [0.5, 0.6) is 11.5 Å². The first-order chi connectivity index (χ1) is 17.5. The molecule has 1 saturated heterocycles. The lowest BCUT2D eigenvalue weighted by molar-refractivity contribution is 0.0783. The maximum absolute atomic E-state index is 13.0. The number of amides is 2. The summed E-state index contributed by atoms with van der Waals surface area (Å²) in [7, 11) is 1.82. The second-order valence-corrected chi connectivity index (χ2v) is 8.71. The number of aromatic nitrogens is 3. The quantitative estimate of drug-likeness (QED) is 0.435. The van der Waals surface area contributed by atoms with Crippen LogP contribution in [0, 0.1) is 0 Å². The van der Waals surface area contributed by atoms with Gasteiger partial charge in [0, 0.05) is 55.3 Å². The van der Waals surface area contributed by atoms with Crippen LogP contribution >= 0.6 is 0 Å². The maximum Gasteiger partial charge on any atom is 0.255 e. The summed E-state index contributed by atoms with van der Waals surface area (Å²) in [6.45, 7) is 0.970. The number of nitrogens with one attached hydrogen (secondary N) is 1. The molecule has 2 amide bonds. The van der Waals surface area contributed by atoms with E-state index < -0.39 is 0 Å². The van der Waals surface area contributed by atoms with Crippen LogP contribution < -0.4 is 15.8 Å². The number of anilines is 1. The minimum absolute atomic E-state index is 0.0854. The van der Waals surface area contributed by atoms with Crippen molar-refractivity contribution in [2.24, 2.45) is 7.05 Å². The molecule has 9 heteroatoms. The summed E-state index contributed by atoms with van der Waals surface area (Å²) in [5.74, 6) is 1.15. The van der Waals surface area contributed by atoms with Crippen molar-refractivity contribution in [3.8, 4) is 22.6 Å². The minimum atomic E-state index is -0.313. The third kappa shape index (κ3) is 5.05. The number of carbonyl (C=O) groups is 2. The SMILES string of the molecule is Cn1cc(-c2cnc(N)c(C(=O)N[C@@H]3CCN(C(=O)c4ccc(Oc5ccccc5)cc4)C3)c2)cn1. The Labute approximate surface area is 208 Å². The first-order valence-electron chi connectivity index (χ1n) is 11.6. The van der Waals surface area contributed by atoms with Gasteiger partial charge in [-0.2, -0.15) is 5.10 Å². The fraction of sp³-hybridized carbons (Fsp3) is 0.185. The van der Waals surface area contributed by atoms with Crippen LogP contribution in [0.1, 0.15) is 27.1 Å². The number of pyridine rings is 1. The normalized spacial score (nSPS) is 15.0. The molecule has 1 aliphatic rings. The molecule has 182 valence electrons. The highest BCUT2D eigenvalue weighted by atomic mass is 16.5. The van der Waals surface area contributed by atoms with Gasteiger partial charge in [0.2, 0.25) is 0 Å². The Morgan fingerprint density at radius 1 is 1.03 bits per heavy atom. The Kier molecular flexibility index (Phi) is 6.36. The molecular weight excluding hydrogens is 456 g/mol. The Hall–Kier alpha value is -4.66. The van der Waals surface area contributed by atoms with Crippen molar-refractivity contribution in [2.75, 3.05) is 18.8 Å². The first kappa shape index (κ1) is 23.1. The van der Waals surface area contributed by atoms with E-state index in [-0.39, 0.29) is 23.7 Å². The molecule has 2 aromatic heterocycles. The average Bonchev–Trinajstić information content (AvgIpc) is 3.54. The largest absolute Gasteiger partial charge is 0.457 e. The summed E-state index contributed by atoms with van der Waals surface area (Å²) < 4.78 is 7.48. The second kappa shape index (κ2) is 9.91. The van der Waals surface area contributed by atoms with E-state index >= 15 is 0 Å². The van der Waals surface area contributed by atoms with Crippen LogP contribution in [-0.2, 0) is 7.05 Å². The Bertz CT molecular complexity index is 1380. The van der Waals surface area contributed by atoms with Crippen LogP contribution in [0.15, 0.2) is 79.3 Å². The number of rotatable bonds is 6. The Balaban J connectivity index is 1.20. The number of para-hydroxylation sites is 1. The number of benzene rings is 2. The average molecular weight is 483 g/mol. The first-order valence-corrected chi connectivity index (χ1v) is 11.6. The third-order valence-electron chi connectivity index (χ3n) is 6.09. The van der Waals surface area contributed by atoms with Crippen molar-refractivity contribution >= 4 is 17.6 Å². The molecule has 9 nitrogen and oxygen atoms in total.